The van der Waals surface area contributed by atoms with Crippen molar-refractivity contribution in [3.63, 3.8) is 0 Å². The van der Waals surface area contributed by atoms with Crippen LogP contribution in [0.3, 0.4) is 0 Å². The molecule has 0 fully saturated rings. The maximum absolute atomic E-state index is 10.6. The minimum Gasteiger partial charge on any atom is -0.260 e. The number of hydrogen-bond acceptors (Lipinski definition) is 1. The van der Waals surface area contributed by atoms with Gasteiger partial charge in [0, 0.05) is 28.1 Å². The predicted molar refractivity (Wildman–Crippen MR) is 51.2 cm³/mol. The van der Waals surface area contributed by atoms with Gasteiger partial charge in [0.05, 0.1) is 0 Å². The lowest BCUT2D eigenvalue weighted by molar-refractivity contribution is 0.673. The summed E-state index contributed by atoms with van der Waals surface area (Å²) in [6.07, 6.45) is 6.63. The molecule has 10 heavy (non-hydrogen) atoms. The number of hydrogen-bond donors (Lipinski definition) is 0. The molecule has 0 amide bonds. The van der Waals surface area contributed by atoms with Gasteiger partial charge in [-0.3, -0.25) is 4.21 Å². The Balaban J connectivity index is 2.84. The topological polar surface area (TPSA) is 17.1 Å². The smallest absolute Gasteiger partial charge is 0.0232 e. The molecule has 0 saturated carbocycles. The molecule has 0 heterocycles. The number of unbranched alkanes of at least 4 members (excludes halogenated alkanes) is 3. The average Bonchev–Trinajstić information content (AvgIpc) is 1.87. The van der Waals surface area contributed by atoms with E-state index < -0.39 is 10.8 Å². The largest absolute Gasteiger partial charge is 0.260 e. The summed E-state index contributed by atoms with van der Waals surface area (Å²) in [6.45, 7) is 0. The summed E-state index contributed by atoms with van der Waals surface area (Å²) >= 11 is 3.37. The van der Waals surface area contributed by atoms with Gasteiger partial charge < -0.3 is 0 Å². The van der Waals surface area contributed by atoms with Crippen LogP contribution in [0.2, 0.25) is 0 Å². The fraction of sp³-hybridized carbons (Fsp3) is 1.00. The first kappa shape index (κ1) is 10.6. The van der Waals surface area contributed by atoms with Crippen LogP contribution in [-0.4, -0.2) is 21.5 Å². The van der Waals surface area contributed by atoms with Crippen LogP contribution in [-0.2, 0) is 10.8 Å². The van der Waals surface area contributed by atoms with Crippen LogP contribution in [0.1, 0.15) is 25.7 Å². The van der Waals surface area contributed by atoms with E-state index in [0.717, 1.165) is 17.5 Å². The molecule has 0 aromatic heterocycles. The number of alkyl halides is 1. The third kappa shape index (κ3) is 8.63. The van der Waals surface area contributed by atoms with Crippen molar-refractivity contribution >= 4 is 26.7 Å². The summed E-state index contributed by atoms with van der Waals surface area (Å²) in [5, 5.41) is 1.10. The molecule has 1 unspecified atom stereocenters. The van der Waals surface area contributed by atoms with Gasteiger partial charge >= 0.3 is 0 Å². The molecular formula is C7H15BrOS. The summed E-state index contributed by atoms with van der Waals surface area (Å²) in [5.41, 5.74) is 0. The Hall–Kier alpha value is 0.630. The van der Waals surface area contributed by atoms with Crippen molar-refractivity contribution in [1.82, 2.24) is 0 Å². The van der Waals surface area contributed by atoms with Crippen LogP contribution < -0.4 is 0 Å². The van der Waals surface area contributed by atoms with Crippen molar-refractivity contribution in [2.24, 2.45) is 0 Å². The summed E-state index contributed by atoms with van der Waals surface area (Å²) in [5.74, 6) is 0.877. The Morgan fingerprint density at radius 3 is 2.30 bits per heavy atom. The van der Waals surface area contributed by atoms with E-state index in [0.29, 0.717) is 0 Å². The molecule has 3 heteroatoms. The molecule has 0 aromatic carbocycles. The van der Waals surface area contributed by atoms with Gasteiger partial charge in [-0.2, -0.15) is 0 Å². The predicted octanol–water partition coefficient (Wildman–Crippen LogP) is 2.32. The molecule has 1 atom stereocenters. The van der Waals surface area contributed by atoms with Crippen molar-refractivity contribution in [3.8, 4) is 0 Å². The Kier molecular flexibility index (Phi) is 8.22. The molecule has 0 bridgehead atoms. The molecule has 62 valence electrons. The van der Waals surface area contributed by atoms with E-state index in [1.807, 2.05) is 0 Å². The van der Waals surface area contributed by atoms with Gasteiger partial charge in [0.25, 0.3) is 0 Å². The summed E-state index contributed by atoms with van der Waals surface area (Å²) < 4.78 is 10.6. The minimum atomic E-state index is -0.583. The fourth-order valence-electron chi connectivity index (χ4n) is 0.753. The molecule has 0 aliphatic rings. The highest BCUT2D eigenvalue weighted by Gasteiger charge is 1.91. The standard InChI is InChI=1S/C7H15BrOS/c1-10(9)7-5-3-2-4-6-8/h2-7H2,1H3. The Labute approximate surface area is 74.2 Å². The first-order chi connectivity index (χ1) is 4.77. The van der Waals surface area contributed by atoms with Crippen molar-refractivity contribution in [2.75, 3.05) is 17.3 Å². The van der Waals surface area contributed by atoms with Gasteiger partial charge in [0.2, 0.25) is 0 Å². The lowest BCUT2D eigenvalue weighted by Crippen LogP contribution is -1.93. The second kappa shape index (κ2) is 7.73. The molecule has 0 radical (unpaired) electrons. The third-order valence-corrected chi connectivity index (χ3v) is 2.74. The summed E-state index contributed by atoms with van der Waals surface area (Å²) in [6, 6.07) is 0. The number of rotatable bonds is 6. The second-order valence-electron chi connectivity index (χ2n) is 2.38. The molecule has 0 rings (SSSR count). The van der Waals surface area contributed by atoms with Crippen molar-refractivity contribution in [2.45, 2.75) is 25.7 Å². The van der Waals surface area contributed by atoms with E-state index in [9.17, 15) is 4.21 Å². The van der Waals surface area contributed by atoms with Crippen molar-refractivity contribution in [1.29, 1.82) is 0 Å². The average molecular weight is 227 g/mol. The van der Waals surface area contributed by atoms with Gasteiger partial charge in [-0.1, -0.05) is 28.8 Å². The van der Waals surface area contributed by atoms with E-state index in [2.05, 4.69) is 15.9 Å². The minimum absolute atomic E-state index is 0.583. The molecule has 1 nitrogen and oxygen atoms in total. The molecular weight excluding hydrogens is 212 g/mol. The van der Waals surface area contributed by atoms with Crippen LogP contribution in [0.4, 0.5) is 0 Å². The highest BCUT2D eigenvalue weighted by atomic mass is 79.9. The van der Waals surface area contributed by atoms with E-state index in [4.69, 9.17) is 0 Å². The Bertz CT molecular complexity index is 95.6. The monoisotopic (exact) mass is 226 g/mol. The molecule has 0 aromatic rings. The molecule has 0 aliphatic carbocycles. The second-order valence-corrected chi connectivity index (χ2v) is 4.73. The summed E-state index contributed by atoms with van der Waals surface area (Å²) in [4.78, 5) is 0. The Morgan fingerprint density at radius 2 is 1.80 bits per heavy atom. The van der Waals surface area contributed by atoms with Crippen LogP contribution in [0.15, 0.2) is 0 Å². The zero-order valence-electron chi connectivity index (χ0n) is 6.44. The third-order valence-electron chi connectivity index (χ3n) is 1.32. The van der Waals surface area contributed by atoms with E-state index in [1.165, 1.54) is 19.3 Å². The maximum atomic E-state index is 10.6. The quantitative estimate of drug-likeness (QED) is 0.502. The van der Waals surface area contributed by atoms with E-state index in [1.54, 1.807) is 6.26 Å². The van der Waals surface area contributed by atoms with Crippen LogP contribution in [0.5, 0.6) is 0 Å². The van der Waals surface area contributed by atoms with Crippen LogP contribution >= 0.6 is 15.9 Å². The van der Waals surface area contributed by atoms with Gasteiger partial charge in [-0.25, -0.2) is 0 Å². The van der Waals surface area contributed by atoms with Crippen molar-refractivity contribution < 1.29 is 4.21 Å². The van der Waals surface area contributed by atoms with E-state index >= 15 is 0 Å². The van der Waals surface area contributed by atoms with E-state index in [-0.39, 0.29) is 0 Å². The molecule has 0 spiro atoms. The lowest BCUT2D eigenvalue weighted by atomic mass is 10.2. The zero-order valence-corrected chi connectivity index (χ0v) is 8.84. The van der Waals surface area contributed by atoms with Crippen LogP contribution in [0, 0.1) is 0 Å². The zero-order chi connectivity index (χ0) is 7.82. The van der Waals surface area contributed by atoms with Gasteiger partial charge in [-0.05, 0) is 12.8 Å². The van der Waals surface area contributed by atoms with Crippen LogP contribution in [0.25, 0.3) is 0 Å². The lowest BCUT2D eigenvalue weighted by Gasteiger charge is -1.96. The first-order valence-electron chi connectivity index (χ1n) is 3.63. The van der Waals surface area contributed by atoms with Gasteiger partial charge in [0.15, 0.2) is 0 Å². The normalized spacial score (nSPS) is 13.4. The van der Waals surface area contributed by atoms with Crippen molar-refractivity contribution in [3.05, 3.63) is 0 Å². The molecule has 0 aliphatic heterocycles. The van der Waals surface area contributed by atoms with Gasteiger partial charge in [-0.15, -0.1) is 0 Å². The van der Waals surface area contributed by atoms with Gasteiger partial charge in [0.1, 0.15) is 0 Å². The Morgan fingerprint density at radius 1 is 1.20 bits per heavy atom. The SMILES string of the molecule is CS(=O)CCCCCCBr. The maximum Gasteiger partial charge on any atom is 0.0232 e. The highest BCUT2D eigenvalue weighted by Crippen LogP contribution is 2.01. The molecule has 0 saturated heterocycles. The molecule has 0 N–H and O–H groups in total. The highest BCUT2D eigenvalue weighted by molar-refractivity contribution is 9.09. The first-order valence-corrected chi connectivity index (χ1v) is 6.48. The fourth-order valence-corrected chi connectivity index (χ4v) is 1.76. The number of halogens is 1. The summed E-state index contributed by atoms with van der Waals surface area (Å²) in [7, 11) is -0.583.